The van der Waals surface area contributed by atoms with Gasteiger partial charge in [0.05, 0.1) is 42.5 Å². The topological polar surface area (TPSA) is 79.0 Å². The Morgan fingerprint density at radius 2 is 1.75 bits per heavy atom. The normalized spacial score (nSPS) is 14.2. The molecule has 0 saturated carbocycles. The van der Waals surface area contributed by atoms with Crippen LogP contribution in [-0.4, -0.2) is 57.7 Å². The van der Waals surface area contributed by atoms with Crippen molar-refractivity contribution in [3.63, 3.8) is 0 Å². The molecule has 0 unspecified atom stereocenters. The molecule has 0 aliphatic carbocycles. The Labute approximate surface area is 190 Å². The van der Waals surface area contributed by atoms with Crippen LogP contribution in [0.15, 0.2) is 55.4 Å². The van der Waals surface area contributed by atoms with Crippen molar-refractivity contribution in [1.82, 2.24) is 19.4 Å². The number of nitrogens with zero attached hydrogens (tertiary/aromatic N) is 6. The van der Waals surface area contributed by atoms with E-state index in [1.807, 2.05) is 29.2 Å². The zero-order chi connectivity index (χ0) is 22.1. The minimum atomic E-state index is -0.126. The van der Waals surface area contributed by atoms with E-state index in [-0.39, 0.29) is 6.61 Å². The number of aliphatic hydroxyl groups is 1. The van der Waals surface area contributed by atoms with Crippen LogP contribution in [0.2, 0.25) is 5.02 Å². The molecule has 5 rings (SSSR count). The van der Waals surface area contributed by atoms with Gasteiger partial charge in [0, 0.05) is 55.9 Å². The Balaban J connectivity index is 1.39. The highest BCUT2D eigenvalue weighted by Crippen LogP contribution is 2.34. The third-order valence-corrected chi connectivity index (χ3v) is 6.12. The first-order chi connectivity index (χ1) is 15.7. The predicted molar refractivity (Wildman–Crippen MR) is 125 cm³/mol. The summed E-state index contributed by atoms with van der Waals surface area (Å²) in [7, 11) is 1.56. The van der Waals surface area contributed by atoms with Gasteiger partial charge in [-0.3, -0.25) is 0 Å². The maximum absolute atomic E-state index is 9.83. The summed E-state index contributed by atoms with van der Waals surface area (Å²) in [6, 6.07) is 7.74. The molecule has 1 aliphatic heterocycles. The Kier molecular flexibility index (Phi) is 5.55. The average Bonchev–Trinajstić information content (AvgIpc) is 3.28. The number of aliphatic hydroxyl groups excluding tert-OH is 1. The number of pyridine rings is 1. The van der Waals surface area contributed by atoms with Gasteiger partial charge in [0.2, 0.25) is 0 Å². The molecule has 1 saturated heterocycles. The van der Waals surface area contributed by atoms with Crippen LogP contribution < -0.4 is 14.5 Å². The first kappa shape index (κ1) is 20.5. The summed E-state index contributed by atoms with van der Waals surface area (Å²) in [4.78, 5) is 17.7. The van der Waals surface area contributed by atoms with Crippen molar-refractivity contribution >= 4 is 28.6 Å². The molecule has 0 bridgehead atoms. The third kappa shape index (κ3) is 3.83. The number of imidazole rings is 1. The van der Waals surface area contributed by atoms with Crippen LogP contribution in [0.3, 0.4) is 0 Å². The third-order valence-electron chi connectivity index (χ3n) is 5.82. The van der Waals surface area contributed by atoms with Gasteiger partial charge in [0.1, 0.15) is 17.7 Å². The molecule has 3 aromatic heterocycles. The van der Waals surface area contributed by atoms with Crippen LogP contribution in [0.5, 0.6) is 5.75 Å². The lowest BCUT2D eigenvalue weighted by atomic mass is 10.1. The quantitative estimate of drug-likeness (QED) is 0.500. The highest BCUT2D eigenvalue weighted by atomic mass is 35.5. The number of ether oxygens (including phenoxy) is 1. The molecule has 4 heterocycles. The number of methoxy groups -OCH3 is 1. The average molecular weight is 451 g/mol. The van der Waals surface area contributed by atoms with Gasteiger partial charge in [0.15, 0.2) is 0 Å². The Bertz CT molecular complexity index is 1240. The highest BCUT2D eigenvalue weighted by molar-refractivity contribution is 6.32. The van der Waals surface area contributed by atoms with Gasteiger partial charge in [-0.2, -0.15) is 0 Å². The SMILES string of the molecule is COc1cc(CO)c(-c2cn3ccc(N4CCN(c5cncnc5)CC4)cc3n2)cc1Cl. The zero-order valence-electron chi connectivity index (χ0n) is 17.6. The summed E-state index contributed by atoms with van der Waals surface area (Å²) in [6.45, 7) is 3.49. The van der Waals surface area contributed by atoms with E-state index >= 15 is 0 Å². The fraction of sp³-hybridized carbons (Fsp3) is 0.261. The molecule has 32 heavy (non-hydrogen) atoms. The monoisotopic (exact) mass is 450 g/mol. The molecule has 4 aromatic rings. The second kappa shape index (κ2) is 8.64. The highest BCUT2D eigenvalue weighted by Gasteiger charge is 2.19. The van der Waals surface area contributed by atoms with Crippen LogP contribution in [-0.2, 0) is 6.61 Å². The minimum Gasteiger partial charge on any atom is -0.495 e. The van der Waals surface area contributed by atoms with Gasteiger partial charge in [-0.1, -0.05) is 11.6 Å². The number of benzene rings is 1. The largest absolute Gasteiger partial charge is 0.495 e. The molecule has 1 N–H and O–H groups in total. The Morgan fingerprint density at radius 3 is 2.44 bits per heavy atom. The smallest absolute Gasteiger partial charge is 0.139 e. The lowest BCUT2D eigenvalue weighted by molar-refractivity contribution is 0.281. The molecule has 164 valence electrons. The van der Waals surface area contributed by atoms with Gasteiger partial charge in [0.25, 0.3) is 0 Å². The first-order valence-electron chi connectivity index (χ1n) is 10.4. The van der Waals surface area contributed by atoms with Crippen LogP contribution in [0.4, 0.5) is 11.4 Å². The fourth-order valence-corrected chi connectivity index (χ4v) is 4.34. The lowest BCUT2D eigenvalue weighted by Gasteiger charge is -2.37. The standard InChI is InChI=1S/C23H23ClN6O2/c1-32-22-8-16(14-31)19(10-20(22)24)21-13-30-3-2-17(9-23(30)27-21)28-4-6-29(7-5-28)18-11-25-15-26-12-18/h2-3,8-13,15,31H,4-7,14H2,1H3. The molecule has 9 heteroatoms. The van der Waals surface area contributed by atoms with E-state index in [9.17, 15) is 5.11 Å². The molecule has 8 nitrogen and oxygen atoms in total. The van der Waals surface area contributed by atoms with E-state index in [1.165, 1.54) is 0 Å². The summed E-state index contributed by atoms with van der Waals surface area (Å²) in [5.74, 6) is 0.534. The second-order valence-electron chi connectivity index (χ2n) is 7.65. The predicted octanol–water partition coefficient (Wildman–Crippen LogP) is 3.27. The molecular weight excluding hydrogens is 428 g/mol. The lowest BCUT2D eigenvalue weighted by Crippen LogP contribution is -2.46. The molecular formula is C23H23ClN6O2. The fourth-order valence-electron chi connectivity index (χ4n) is 4.10. The van der Waals surface area contributed by atoms with Gasteiger partial charge in [-0.05, 0) is 23.8 Å². The van der Waals surface area contributed by atoms with Crippen LogP contribution in [0, 0.1) is 0 Å². The summed E-state index contributed by atoms with van der Waals surface area (Å²) >= 11 is 6.33. The number of fused-ring (bicyclic) bond motifs is 1. The van der Waals surface area contributed by atoms with Crippen molar-refractivity contribution in [2.24, 2.45) is 0 Å². The van der Waals surface area contributed by atoms with Gasteiger partial charge < -0.3 is 24.0 Å². The van der Waals surface area contributed by atoms with Gasteiger partial charge in [-0.25, -0.2) is 15.0 Å². The number of aromatic nitrogens is 4. The van der Waals surface area contributed by atoms with Crippen molar-refractivity contribution < 1.29 is 9.84 Å². The number of rotatable bonds is 5. The molecule has 1 fully saturated rings. The number of anilines is 2. The Morgan fingerprint density at radius 1 is 1.03 bits per heavy atom. The van der Waals surface area contributed by atoms with Crippen molar-refractivity contribution in [1.29, 1.82) is 0 Å². The van der Waals surface area contributed by atoms with Crippen molar-refractivity contribution in [2.75, 3.05) is 43.1 Å². The zero-order valence-corrected chi connectivity index (χ0v) is 18.4. The number of halogens is 1. The molecule has 0 amide bonds. The summed E-state index contributed by atoms with van der Waals surface area (Å²) in [5, 5.41) is 10.3. The van der Waals surface area contributed by atoms with E-state index in [1.54, 1.807) is 25.6 Å². The summed E-state index contributed by atoms with van der Waals surface area (Å²) in [6.07, 6.45) is 9.23. The van der Waals surface area contributed by atoms with Gasteiger partial charge in [-0.15, -0.1) is 0 Å². The van der Waals surface area contributed by atoms with Crippen molar-refractivity contribution in [3.8, 4) is 17.0 Å². The molecule has 0 radical (unpaired) electrons. The summed E-state index contributed by atoms with van der Waals surface area (Å²) in [5.41, 5.74) is 5.29. The van der Waals surface area contributed by atoms with E-state index in [2.05, 4.69) is 31.9 Å². The molecule has 0 atom stereocenters. The maximum Gasteiger partial charge on any atom is 0.139 e. The minimum absolute atomic E-state index is 0.126. The number of hydrogen-bond donors (Lipinski definition) is 1. The molecule has 1 aliphatic rings. The van der Waals surface area contributed by atoms with E-state index in [4.69, 9.17) is 21.3 Å². The van der Waals surface area contributed by atoms with Crippen molar-refractivity contribution in [3.05, 3.63) is 66.0 Å². The van der Waals surface area contributed by atoms with E-state index in [0.717, 1.165) is 60.0 Å². The van der Waals surface area contributed by atoms with Crippen LogP contribution in [0.25, 0.3) is 16.9 Å². The summed E-state index contributed by atoms with van der Waals surface area (Å²) < 4.78 is 7.25. The Hall–Kier alpha value is -3.36. The first-order valence-corrected chi connectivity index (χ1v) is 10.8. The van der Waals surface area contributed by atoms with Crippen molar-refractivity contribution in [2.45, 2.75) is 6.61 Å². The number of piperazine rings is 1. The number of hydrogen-bond acceptors (Lipinski definition) is 7. The van der Waals surface area contributed by atoms with E-state index < -0.39 is 0 Å². The molecule has 0 spiro atoms. The maximum atomic E-state index is 9.83. The molecule has 1 aromatic carbocycles. The second-order valence-corrected chi connectivity index (χ2v) is 8.06. The van der Waals surface area contributed by atoms with E-state index in [0.29, 0.717) is 10.8 Å². The van der Waals surface area contributed by atoms with Crippen LogP contribution in [0.1, 0.15) is 5.56 Å². The van der Waals surface area contributed by atoms with Crippen LogP contribution >= 0.6 is 11.6 Å². The van der Waals surface area contributed by atoms with Gasteiger partial charge >= 0.3 is 0 Å².